The zero-order chi connectivity index (χ0) is 10.7. The lowest BCUT2D eigenvalue weighted by molar-refractivity contribution is 0.442. The molecule has 15 heavy (non-hydrogen) atoms. The van der Waals surface area contributed by atoms with Crippen molar-refractivity contribution in [3.8, 4) is 11.8 Å². The molecule has 0 saturated heterocycles. The van der Waals surface area contributed by atoms with Gasteiger partial charge in [-0.3, -0.25) is 0 Å². The summed E-state index contributed by atoms with van der Waals surface area (Å²) in [6.45, 7) is 1.90. The molecule has 0 amide bonds. The van der Waals surface area contributed by atoms with E-state index in [1.54, 1.807) is 30.7 Å². The van der Waals surface area contributed by atoms with Crippen LogP contribution in [0.25, 0.3) is 0 Å². The van der Waals surface area contributed by atoms with Crippen LogP contribution in [0.3, 0.4) is 0 Å². The number of aromatic nitrogens is 3. The Morgan fingerprint density at radius 3 is 2.60 bits per heavy atom. The number of hydrogen-bond donors (Lipinski definition) is 1. The van der Waals surface area contributed by atoms with Gasteiger partial charge in [-0.2, -0.15) is 0 Å². The number of pyridine rings is 1. The summed E-state index contributed by atoms with van der Waals surface area (Å²) < 4.78 is 5.35. The van der Waals surface area contributed by atoms with Gasteiger partial charge in [0.15, 0.2) is 11.6 Å². The summed E-state index contributed by atoms with van der Waals surface area (Å²) in [5.74, 6) is 0.781. The van der Waals surface area contributed by atoms with Crippen molar-refractivity contribution in [1.82, 2.24) is 15.0 Å². The fourth-order valence-corrected chi connectivity index (χ4v) is 1.02. The van der Waals surface area contributed by atoms with Crippen molar-refractivity contribution in [2.75, 3.05) is 5.73 Å². The second-order valence-electron chi connectivity index (χ2n) is 3.03. The van der Waals surface area contributed by atoms with E-state index < -0.39 is 0 Å². The molecular weight excluding hydrogens is 192 g/mol. The first-order valence-electron chi connectivity index (χ1n) is 4.43. The van der Waals surface area contributed by atoms with Crippen molar-refractivity contribution in [1.29, 1.82) is 0 Å². The monoisotopic (exact) mass is 202 g/mol. The summed E-state index contributed by atoms with van der Waals surface area (Å²) in [5.41, 5.74) is 6.58. The van der Waals surface area contributed by atoms with Crippen LogP contribution in [0.4, 0.5) is 5.82 Å². The first kappa shape index (κ1) is 9.39. The van der Waals surface area contributed by atoms with E-state index in [1.165, 1.54) is 0 Å². The summed E-state index contributed by atoms with van der Waals surface area (Å²) in [5, 5.41) is 0. The lowest BCUT2D eigenvalue weighted by Gasteiger charge is -2.04. The number of aryl methyl sites for hydroxylation is 1. The van der Waals surface area contributed by atoms with Crippen molar-refractivity contribution < 1.29 is 4.74 Å². The number of nitrogen functional groups attached to an aromatic ring is 1. The van der Waals surface area contributed by atoms with Gasteiger partial charge in [0.25, 0.3) is 0 Å². The molecule has 2 rings (SSSR count). The minimum Gasteiger partial charge on any atom is -0.420 e. The van der Waals surface area contributed by atoms with Crippen LogP contribution in [0, 0.1) is 6.92 Å². The van der Waals surface area contributed by atoms with E-state index in [0.717, 1.165) is 5.56 Å². The molecule has 0 saturated carbocycles. The molecule has 0 fully saturated rings. The molecule has 2 N–H and O–H groups in total. The van der Waals surface area contributed by atoms with Crippen LogP contribution in [-0.2, 0) is 0 Å². The molecule has 5 nitrogen and oxygen atoms in total. The molecule has 0 radical (unpaired) electrons. The molecule has 76 valence electrons. The molecule has 0 aromatic carbocycles. The minimum absolute atomic E-state index is 0.264. The van der Waals surface area contributed by atoms with Crippen molar-refractivity contribution in [3.63, 3.8) is 0 Å². The summed E-state index contributed by atoms with van der Waals surface area (Å²) in [4.78, 5) is 11.9. The molecule has 2 heterocycles. The molecule has 0 bridgehead atoms. The Morgan fingerprint density at radius 1 is 1.20 bits per heavy atom. The first-order chi connectivity index (χ1) is 7.25. The smallest absolute Gasteiger partial charge is 0.322 e. The van der Waals surface area contributed by atoms with Crippen LogP contribution in [0.1, 0.15) is 5.56 Å². The maximum atomic E-state index is 5.61. The van der Waals surface area contributed by atoms with Crippen molar-refractivity contribution in [3.05, 3.63) is 36.3 Å². The Bertz CT molecular complexity index is 455. The van der Waals surface area contributed by atoms with Gasteiger partial charge < -0.3 is 10.5 Å². The molecule has 0 unspecified atom stereocenters. The Labute approximate surface area is 87.0 Å². The van der Waals surface area contributed by atoms with Crippen molar-refractivity contribution in [2.24, 2.45) is 0 Å². The fraction of sp³-hybridized carbons (Fsp3) is 0.100. The van der Waals surface area contributed by atoms with Crippen molar-refractivity contribution in [2.45, 2.75) is 6.92 Å². The van der Waals surface area contributed by atoms with Crippen LogP contribution >= 0.6 is 0 Å². The summed E-state index contributed by atoms with van der Waals surface area (Å²) in [6.07, 6.45) is 4.95. The topological polar surface area (TPSA) is 73.9 Å². The van der Waals surface area contributed by atoms with E-state index in [0.29, 0.717) is 11.6 Å². The lowest BCUT2D eigenvalue weighted by atomic mass is 10.4. The zero-order valence-corrected chi connectivity index (χ0v) is 8.21. The fourth-order valence-electron chi connectivity index (χ4n) is 1.02. The van der Waals surface area contributed by atoms with E-state index in [-0.39, 0.29) is 6.01 Å². The number of nitrogens with two attached hydrogens (primary N) is 1. The molecule has 5 heteroatoms. The largest absolute Gasteiger partial charge is 0.420 e. The summed E-state index contributed by atoms with van der Waals surface area (Å²) in [6, 6.07) is 3.71. The average Bonchev–Trinajstić information content (AvgIpc) is 2.25. The SMILES string of the molecule is Cc1cnc(Oc2cccnc2N)nc1. The number of anilines is 1. The van der Waals surface area contributed by atoms with Gasteiger partial charge in [-0.05, 0) is 24.6 Å². The van der Waals surface area contributed by atoms with Gasteiger partial charge in [-0.1, -0.05) is 0 Å². The Morgan fingerprint density at radius 2 is 1.93 bits per heavy atom. The number of nitrogens with zero attached hydrogens (tertiary/aromatic N) is 3. The predicted molar refractivity (Wildman–Crippen MR) is 55.5 cm³/mol. The summed E-state index contributed by atoms with van der Waals surface area (Å²) >= 11 is 0. The molecule has 0 spiro atoms. The molecule has 0 aliphatic carbocycles. The molecule has 0 atom stereocenters. The highest BCUT2D eigenvalue weighted by Crippen LogP contribution is 2.21. The molecule has 2 aromatic heterocycles. The summed E-state index contributed by atoms with van der Waals surface area (Å²) in [7, 11) is 0. The minimum atomic E-state index is 0.264. The van der Waals surface area contributed by atoms with Gasteiger partial charge in [-0.15, -0.1) is 0 Å². The molecule has 0 aliphatic heterocycles. The Kier molecular flexibility index (Phi) is 2.45. The van der Waals surface area contributed by atoms with Gasteiger partial charge in [0.2, 0.25) is 0 Å². The third-order valence-electron chi connectivity index (χ3n) is 1.76. The van der Waals surface area contributed by atoms with Crippen molar-refractivity contribution >= 4 is 5.82 Å². The van der Waals surface area contributed by atoms with Crippen LogP contribution < -0.4 is 10.5 Å². The molecular formula is C10H10N4O. The van der Waals surface area contributed by atoms with Gasteiger partial charge in [0, 0.05) is 18.6 Å². The van der Waals surface area contributed by atoms with E-state index >= 15 is 0 Å². The van der Waals surface area contributed by atoms with Gasteiger partial charge in [0.1, 0.15) is 0 Å². The molecule has 2 aromatic rings. The maximum Gasteiger partial charge on any atom is 0.322 e. The first-order valence-corrected chi connectivity index (χ1v) is 4.43. The maximum absolute atomic E-state index is 5.61. The van der Waals surface area contributed by atoms with Crippen LogP contribution in [-0.4, -0.2) is 15.0 Å². The normalized spacial score (nSPS) is 9.93. The quantitative estimate of drug-likeness (QED) is 0.799. The van der Waals surface area contributed by atoms with Gasteiger partial charge >= 0.3 is 6.01 Å². The zero-order valence-electron chi connectivity index (χ0n) is 8.21. The molecule has 0 aliphatic rings. The van der Waals surface area contributed by atoms with E-state index in [1.807, 2.05) is 6.92 Å². The predicted octanol–water partition coefficient (Wildman–Crippen LogP) is 1.55. The van der Waals surface area contributed by atoms with Crippen LogP contribution in [0.2, 0.25) is 0 Å². The second-order valence-corrected chi connectivity index (χ2v) is 3.03. The average molecular weight is 202 g/mol. The number of ether oxygens (including phenoxy) is 1. The number of hydrogen-bond acceptors (Lipinski definition) is 5. The number of rotatable bonds is 2. The Balaban J connectivity index is 2.22. The van der Waals surface area contributed by atoms with E-state index in [4.69, 9.17) is 10.5 Å². The van der Waals surface area contributed by atoms with Gasteiger partial charge in [0.05, 0.1) is 0 Å². The van der Waals surface area contributed by atoms with Crippen LogP contribution in [0.5, 0.6) is 11.8 Å². The second kappa shape index (κ2) is 3.91. The highest BCUT2D eigenvalue weighted by Gasteiger charge is 2.03. The van der Waals surface area contributed by atoms with Gasteiger partial charge in [-0.25, -0.2) is 15.0 Å². The highest BCUT2D eigenvalue weighted by atomic mass is 16.5. The van der Waals surface area contributed by atoms with E-state index in [9.17, 15) is 0 Å². The third-order valence-corrected chi connectivity index (χ3v) is 1.76. The highest BCUT2D eigenvalue weighted by molar-refractivity contribution is 5.45. The lowest BCUT2D eigenvalue weighted by Crippen LogP contribution is -1.97. The van der Waals surface area contributed by atoms with Crippen LogP contribution in [0.15, 0.2) is 30.7 Å². The standard InChI is InChI=1S/C10H10N4O/c1-7-5-13-10(14-6-7)15-8-3-2-4-12-9(8)11/h2-6H,1H3,(H2,11,12). The van der Waals surface area contributed by atoms with E-state index in [2.05, 4.69) is 15.0 Å². The Hall–Kier alpha value is -2.17. The third kappa shape index (κ3) is 2.19.